The van der Waals surface area contributed by atoms with E-state index in [1.807, 2.05) is 12.1 Å². The number of nitrogens with one attached hydrogen (secondary N) is 1. The van der Waals surface area contributed by atoms with E-state index in [4.69, 9.17) is 5.26 Å². The van der Waals surface area contributed by atoms with Gasteiger partial charge in [-0.05, 0) is 30.5 Å². The lowest BCUT2D eigenvalue weighted by Crippen LogP contribution is -2.35. The summed E-state index contributed by atoms with van der Waals surface area (Å²) in [5, 5.41) is 12.3. The van der Waals surface area contributed by atoms with Gasteiger partial charge in [-0.3, -0.25) is 0 Å². The molecule has 0 fully saturated rings. The Morgan fingerprint density at radius 3 is 3.00 bits per heavy atom. The second kappa shape index (κ2) is 5.09. The van der Waals surface area contributed by atoms with Crippen LogP contribution >= 0.6 is 0 Å². The SMILES string of the molecule is CC(C)CCN1CCNc2cc(C#N)ccc21. The number of nitrogens with zero attached hydrogens (tertiary/aromatic N) is 2. The molecule has 0 amide bonds. The van der Waals surface area contributed by atoms with Gasteiger partial charge in [-0.15, -0.1) is 0 Å². The van der Waals surface area contributed by atoms with Crippen molar-refractivity contribution in [3.05, 3.63) is 23.8 Å². The lowest BCUT2D eigenvalue weighted by Gasteiger charge is -2.32. The highest BCUT2D eigenvalue weighted by Gasteiger charge is 2.16. The van der Waals surface area contributed by atoms with E-state index in [0.29, 0.717) is 0 Å². The predicted molar refractivity (Wildman–Crippen MR) is 71.3 cm³/mol. The van der Waals surface area contributed by atoms with Crippen LogP contribution in [0.25, 0.3) is 0 Å². The summed E-state index contributed by atoms with van der Waals surface area (Å²) in [6.07, 6.45) is 1.21. The molecular formula is C14H19N3. The molecule has 3 heteroatoms. The first kappa shape index (κ1) is 11.8. The third-order valence-electron chi connectivity index (χ3n) is 3.14. The second-order valence-corrected chi connectivity index (χ2v) is 4.94. The first-order valence-corrected chi connectivity index (χ1v) is 6.23. The zero-order valence-electron chi connectivity index (χ0n) is 10.5. The summed E-state index contributed by atoms with van der Waals surface area (Å²) >= 11 is 0. The van der Waals surface area contributed by atoms with Gasteiger partial charge in [0.25, 0.3) is 0 Å². The third kappa shape index (κ3) is 2.71. The molecule has 90 valence electrons. The molecular weight excluding hydrogens is 210 g/mol. The van der Waals surface area contributed by atoms with E-state index in [1.165, 1.54) is 12.1 Å². The van der Waals surface area contributed by atoms with Crippen LogP contribution in [0.2, 0.25) is 0 Å². The Hall–Kier alpha value is -1.69. The van der Waals surface area contributed by atoms with Crippen LogP contribution in [0.1, 0.15) is 25.8 Å². The van der Waals surface area contributed by atoms with E-state index in [-0.39, 0.29) is 0 Å². The highest BCUT2D eigenvalue weighted by Crippen LogP contribution is 2.30. The van der Waals surface area contributed by atoms with Gasteiger partial charge in [-0.2, -0.15) is 5.26 Å². The van der Waals surface area contributed by atoms with E-state index < -0.39 is 0 Å². The fourth-order valence-electron chi connectivity index (χ4n) is 2.12. The van der Waals surface area contributed by atoms with E-state index in [2.05, 4.69) is 36.2 Å². The van der Waals surface area contributed by atoms with Gasteiger partial charge in [-0.25, -0.2) is 0 Å². The van der Waals surface area contributed by atoms with Crippen molar-refractivity contribution >= 4 is 11.4 Å². The Morgan fingerprint density at radius 1 is 1.47 bits per heavy atom. The van der Waals surface area contributed by atoms with E-state index >= 15 is 0 Å². The second-order valence-electron chi connectivity index (χ2n) is 4.94. The molecule has 0 spiro atoms. The number of nitriles is 1. The molecule has 2 rings (SSSR count). The monoisotopic (exact) mass is 229 g/mol. The van der Waals surface area contributed by atoms with Crippen molar-refractivity contribution in [2.75, 3.05) is 29.9 Å². The van der Waals surface area contributed by atoms with Gasteiger partial charge in [0.05, 0.1) is 23.0 Å². The summed E-state index contributed by atoms with van der Waals surface area (Å²) in [6, 6.07) is 8.08. The Balaban J connectivity index is 2.17. The number of hydrogen-bond donors (Lipinski definition) is 1. The molecule has 0 aliphatic carbocycles. The number of fused-ring (bicyclic) bond motifs is 1. The average Bonchev–Trinajstić information content (AvgIpc) is 2.35. The molecule has 1 aromatic carbocycles. The van der Waals surface area contributed by atoms with Gasteiger partial charge in [0.1, 0.15) is 0 Å². The Labute approximate surface area is 103 Å². The number of anilines is 2. The van der Waals surface area contributed by atoms with E-state index in [9.17, 15) is 0 Å². The van der Waals surface area contributed by atoms with Gasteiger partial charge in [0, 0.05) is 19.6 Å². The fourth-order valence-corrected chi connectivity index (χ4v) is 2.12. The quantitative estimate of drug-likeness (QED) is 0.866. The molecule has 3 nitrogen and oxygen atoms in total. The van der Waals surface area contributed by atoms with Gasteiger partial charge >= 0.3 is 0 Å². The average molecular weight is 229 g/mol. The van der Waals surface area contributed by atoms with Crippen molar-refractivity contribution in [1.82, 2.24) is 0 Å². The molecule has 0 unspecified atom stereocenters. The first-order valence-electron chi connectivity index (χ1n) is 6.23. The fraction of sp³-hybridized carbons (Fsp3) is 0.500. The molecule has 0 radical (unpaired) electrons. The van der Waals surface area contributed by atoms with Gasteiger partial charge in [-0.1, -0.05) is 13.8 Å². The van der Waals surface area contributed by atoms with Crippen LogP contribution in [-0.4, -0.2) is 19.6 Å². The molecule has 17 heavy (non-hydrogen) atoms. The Morgan fingerprint density at radius 2 is 2.29 bits per heavy atom. The molecule has 1 aliphatic rings. The highest BCUT2D eigenvalue weighted by molar-refractivity contribution is 5.73. The van der Waals surface area contributed by atoms with Crippen molar-refractivity contribution in [3.8, 4) is 6.07 Å². The molecule has 1 aliphatic heterocycles. The molecule has 0 saturated heterocycles. The normalized spacial score (nSPS) is 14.1. The first-order chi connectivity index (χ1) is 8.20. The van der Waals surface area contributed by atoms with Crippen LogP contribution in [0.3, 0.4) is 0 Å². The number of hydrogen-bond acceptors (Lipinski definition) is 3. The van der Waals surface area contributed by atoms with Crippen molar-refractivity contribution in [2.24, 2.45) is 5.92 Å². The smallest absolute Gasteiger partial charge is 0.0992 e. The minimum Gasteiger partial charge on any atom is -0.382 e. The van der Waals surface area contributed by atoms with Crippen LogP contribution in [0.5, 0.6) is 0 Å². The number of benzene rings is 1. The maximum atomic E-state index is 8.89. The largest absolute Gasteiger partial charge is 0.382 e. The predicted octanol–water partition coefficient (Wildman–Crippen LogP) is 2.84. The minimum atomic E-state index is 0.724. The summed E-state index contributed by atoms with van der Waals surface area (Å²) in [5.41, 5.74) is 3.05. The topological polar surface area (TPSA) is 39.1 Å². The third-order valence-corrected chi connectivity index (χ3v) is 3.14. The molecule has 1 aromatic rings. The summed E-state index contributed by atoms with van der Waals surface area (Å²) in [6.45, 7) is 7.60. The van der Waals surface area contributed by atoms with Crippen molar-refractivity contribution in [1.29, 1.82) is 5.26 Å². The lowest BCUT2D eigenvalue weighted by molar-refractivity contribution is 0.572. The van der Waals surface area contributed by atoms with Crippen molar-refractivity contribution in [2.45, 2.75) is 20.3 Å². The zero-order chi connectivity index (χ0) is 12.3. The summed E-state index contributed by atoms with van der Waals surface area (Å²) in [4.78, 5) is 2.41. The van der Waals surface area contributed by atoms with Crippen molar-refractivity contribution in [3.63, 3.8) is 0 Å². The lowest BCUT2D eigenvalue weighted by atomic mass is 10.1. The molecule has 1 N–H and O–H groups in total. The van der Waals surface area contributed by atoms with Crippen LogP contribution in [-0.2, 0) is 0 Å². The molecule has 0 saturated carbocycles. The maximum absolute atomic E-state index is 8.89. The minimum absolute atomic E-state index is 0.724. The van der Waals surface area contributed by atoms with E-state index in [0.717, 1.165) is 36.8 Å². The van der Waals surface area contributed by atoms with E-state index in [1.54, 1.807) is 0 Å². The zero-order valence-corrected chi connectivity index (χ0v) is 10.5. The van der Waals surface area contributed by atoms with Gasteiger partial charge < -0.3 is 10.2 Å². The maximum Gasteiger partial charge on any atom is 0.0992 e. The van der Waals surface area contributed by atoms with Crippen LogP contribution in [0, 0.1) is 17.2 Å². The molecule has 0 aromatic heterocycles. The molecule has 1 heterocycles. The summed E-state index contributed by atoms with van der Waals surface area (Å²) < 4.78 is 0. The Kier molecular flexibility index (Phi) is 3.53. The van der Waals surface area contributed by atoms with Gasteiger partial charge in [0.2, 0.25) is 0 Å². The van der Waals surface area contributed by atoms with Crippen LogP contribution in [0.15, 0.2) is 18.2 Å². The summed E-state index contributed by atoms with van der Waals surface area (Å²) in [5.74, 6) is 0.728. The number of rotatable bonds is 3. The highest BCUT2D eigenvalue weighted by atomic mass is 15.2. The standard InChI is InChI=1S/C14H19N3/c1-11(2)5-7-17-8-6-16-13-9-12(10-15)3-4-14(13)17/h3-4,9,11,16H,5-8H2,1-2H3. The Bertz CT molecular complexity index is 432. The van der Waals surface area contributed by atoms with Crippen molar-refractivity contribution < 1.29 is 0 Å². The summed E-state index contributed by atoms with van der Waals surface area (Å²) in [7, 11) is 0. The molecule has 0 bridgehead atoms. The molecule has 0 atom stereocenters. The van der Waals surface area contributed by atoms with Crippen LogP contribution < -0.4 is 10.2 Å². The van der Waals surface area contributed by atoms with Gasteiger partial charge in [0.15, 0.2) is 0 Å². The van der Waals surface area contributed by atoms with Crippen LogP contribution in [0.4, 0.5) is 11.4 Å².